The maximum absolute atomic E-state index is 14.1. The van der Waals surface area contributed by atoms with Crippen molar-refractivity contribution in [1.82, 2.24) is 9.80 Å². The summed E-state index contributed by atoms with van der Waals surface area (Å²) in [6.07, 6.45) is 3.81. The number of hydrogen-bond donors (Lipinski definition) is 0. The summed E-state index contributed by atoms with van der Waals surface area (Å²) in [4.78, 5) is 19.0. The molecule has 31 heavy (non-hydrogen) atoms. The highest BCUT2D eigenvalue weighted by Crippen LogP contribution is 2.47. The molecular formula is C24H36FN3O3. The van der Waals surface area contributed by atoms with Gasteiger partial charge in [-0.05, 0) is 76.4 Å². The van der Waals surface area contributed by atoms with Crippen LogP contribution in [0.1, 0.15) is 45.1 Å². The second kappa shape index (κ2) is 9.33. The Kier molecular flexibility index (Phi) is 6.72. The van der Waals surface area contributed by atoms with Crippen molar-refractivity contribution < 1.29 is 18.7 Å². The van der Waals surface area contributed by atoms with Gasteiger partial charge in [0.1, 0.15) is 5.82 Å². The Balaban J connectivity index is 1.37. The molecule has 6 nitrogen and oxygen atoms in total. The molecule has 3 heterocycles. The van der Waals surface area contributed by atoms with Crippen LogP contribution in [0.25, 0.3) is 0 Å². The first kappa shape index (κ1) is 22.3. The highest BCUT2D eigenvalue weighted by atomic mass is 19.1. The molecule has 0 aliphatic carbocycles. The molecule has 1 amide bonds. The molecule has 0 unspecified atom stereocenters. The molecule has 7 heteroatoms. The lowest BCUT2D eigenvalue weighted by Crippen LogP contribution is -2.52. The monoisotopic (exact) mass is 433 g/mol. The number of hydrogen-bond acceptors (Lipinski definition) is 5. The zero-order chi connectivity index (χ0) is 22.0. The number of benzene rings is 1. The number of ether oxygens (including phenoxy) is 2. The van der Waals surface area contributed by atoms with Gasteiger partial charge in [-0.2, -0.15) is 0 Å². The molecule has 2 fully saturated rings. The van der Waals surface area contributed by atoms with Gasteiger partial charge in [-0.3, -0.25) is 0 Å². The molecule has 1 aromatic rings. The number of anilines is 1. The van der Waals surface area contributed by atoms with Crippen LogP contribution in [-0.4, -0.2) is 81.0 Å². The molecule has 3 aliphatic heterocycles. The molecule has 0 saturated carbocycles. The minimum Gasteiger partial charge on any atom is -0.447 e. The SMILES string of the molecule is COCCN1CC2(CCN(C3CCN(C(=O)OC(C)C)CC3)CC2)c2cc(F)ccc21. The standard InChI is InChI=1S/C24H36FN3O3/c1-18(2)31-23(29)27-10-6-20(7-11-27)26-12-8-24(9-13-26)17-28(14-15-30-3)22-5-4-19(25)16-21(22)24/h4-5,16,18,20H,6-15,17H2,1-3H3. The van der Waals surface area contributed by atoms with Crippen molar-refractivity contribution in [3.05, 3.63) is 29.6 Å². The Bertz CT molecular complexity index is 771. The van der Waals surface area contributed by atoms with Crippen LogP contribution in [0.2, 0.25) is 0 Å². The molecule has 2 saturated heterocycles. The molecule has 0 N–H and O–H groups in total. The number of methoxy groups -OCH3 is 1. The lowest BCUT2D eigenvalue weighted by atomic mass is 9.74. The van der Waals surface area contributed by atoms with Gasteiger partial charge in [0.2, 0.25) is 0 Å². The van der Waals surface area contributed by atoms with Crippen LogP contribution >= 0.6 is 0 Å². The van der Waals surface area contributed by atoms with E-state index in [9.17, 15) is 9.18 Å². The zero-order valence-corrected chi connectivity index (χ0v) is 19.1. The van der Waals surface area contributed by atoms with Crippen molar-refractivity contribution in [1.29, 1.82) is 0 Å². The molecule has 4 rings (SSSR count). The minimum atomic E-state index is -0.188. The highest BCUT2D eigenvalue weighted by Gasteiger charge is 2.45. The van der Waals surface area contributed by atoms with E-state index in [1.54, 1.807) is 19.2 Å². The van der Waals surface area contributed by atoms with E-state index >= 15 is 0 Å². The van der Waals surface area contributed by atoms with E-state index in [1.165, 1.54) is 11.3 Å². The molecule has 1 aromatic carbocycles. The fraction of sp³-hybridized carbons (Fsp3) is 0.708. The van der Waals surface area contributed by atoms with Gasteiger partial charge in [-0.25, -0.2) is 9.18 Å². The van der Waals surface area contributed by atoms with Crippen molar-refractivity contribution in [2.75, 3.05) is 57.9 Å². The Labute approximate surface area is 185 Å². The molecule has 0 atom stereocenters. The van der Waals surface area contributed by atoms with Gasteiger partial charge < -0.3 is 24.2 Å². The van der Waals surface area contributed by atoms with Crippen LogP contribution in [0.5, 0.6) is 0 Å². The van der Waals surface area contributed by atoms with Gasteiger partial charge in [0.05, 0.1) is 12.7 Å². The fourth-order valence-corrected chi connectivity index (χ4v) is 5.58. The number of rotatable bonds is 5. The number of carbonyl (C=O) groups excluding carboxylic acids is 1. The molecule has 3 aliphatic rings. The van der Waals surface area contributed by atoms with E-state index in [0.29, 0.717) is 12.6 Å². The summed E-state index contributed by atoms with van der Waals surface area (Å²) in [5, 5.41) is 0. The molecule has 172 valence electrons. The number of piperidine rings is 2. The first-order chi connectivity index (χ1) is 14.9. The average molecular weight is 434 g/mol. The van der Waals surface area contributed by atoms with Gasteiger partial charge >= 0.3 is 6.09 Å². The molecule has 1 spiro atoms. The molecule has 0 bridgehead atoms. The summed E-state index contributed by atoms with van der Waals surface area (Å²) in [7, 11) is 1.73. The second-order valence-corrected chi connectivity index (χ2v) is 9.54. The Morgan fingerprint density at radius 3 is 2.55 bits per heavy atom. The van der Waals surface area contributed by atoms with Crippen LogP contribution < -0.4 is 4.90 Å². The number of carbonyl (C=O) groups is 1. The maximum atomic E-state index is 14.1. The number of amides is 1. The summed E-state index contributed by atoms with van der Waals surface area (Å²) >= 11 is 0. The lowest BCUT2D eigenvalue weighted by Gasteiger charge is -2.45. The second-order valence-electron chi connectivity index (χ2n) is 9.54. The van der Waals surface area contributed by atoms with Gasteiger partial charge in [0, 0.05) is 50.4 Å². The van der Waals surface area contributed by atoms with E-state index in [0.717, 1.165) is 65.0 Å². The van der Waals surface area contributed by atoms with Crippen molar-refractivity contribution in [2.24, 2.45) is 0 Å². The number of halogens is 1. The van der Waals surface area contributed by atoms with Gasteiger partial charge in [-0.1, -0.05) is 0 Å². The first-order valence-electron chi connectivity index (χ1n) is 11.7. The van der Waals surface area contributed by atoms with Crippen LogP contribution in [-0.2, 0) is 14.9 Å². The van der Waals surface area contributed by atoms with Gasteiger partial charge in [0.15, 0.2) is 0 Å². The number of fused-ring (bicyclic) bond motifs is 2. The maximum Gasteiger partial charge on any atom is 0.410 e. The summed E-state index contributed by atoms with van der Waals surface area (Å²) in [6.45, 7) is 9.80. The smallest absolute Gasteiger partial charge is 0.410 e. The number of nitrogens with zero attached hydrogens (tertiary/aromatic N) is 3. The summed E-state index contributed by atoms with van der Waals surface area (Å²) < 4.78 is 24.8. The predicted octanol–water partition coefficient (Wildman–Crippen LogP) is 3.64. The van der Waals surface area contributed by atoms with Crippen molar-refractivity contribution in [3.8, 4) is 0 Å². The zero-order valence-electron chi connectivity index (χ0n) is 19.1. The van der Waals surface area contributed by atoms with Gasteiger partial charge in [-0.15, -0.1) is 0 Å². The van der Waals surface area contributed by atoms with E-state index < -0.39 is 0 Å². The van der Waals surface area contributed by atoms with Crippen molar-refractivity contribution >= 4 is 11.8 Å². The Hall–Kier alpha value is -1.86. The normalized spacial score (nSPS) is 21.7. The Morgan fingerprint density at radius 2 is 1.90 bits per heavy atom. The van der Waals surface area contributed by atoms with E-state index in [4.69, 9.17) is 9.47 Å². The molecular weight excluding hydrogens is 397 g/mol. The average Bonchev–Trinajstić information content (AvgIpc) is 3.05. The van der Waals surface area contributed by atoms with Crippen molar-refractivity contribution in [2.45, 2.75) is 57.1 Å². The quantitative estimate of drug-likeness (QED) is 0.710. The summed E-state index contributed by atoms with van der Waals surface area (Å²) in [5.41, 5.74) is 2.38. The number of likely N-dealkylation sites (tertiary alicyclic amines) is 2. The lowest BCUT2D eigenvalue weighted by molar-refractivity contribution is 0.0450. The third-order valence-electron chi connectivity index (χ3n) is 7.26. The molecule has 0 aromatic heterocycles. The van der Waals surface area contributed by atoms with E-state index in [-0.39, 0.29) is 23.4 Å². The van der Waals surface area contributed by atoms with Crippen molar-refractivity contribution in [3.63, 3.8) is 0 Å². The summed E-state index contributed by atoms with van der Waals surface area (Å²) in [6, 6.07) is 5.79. The summed E-state index contributed by atoms with van der Waals surface area (Å²) in [5.74, 6) is -0.144. The third-order valence-corrected chi connectivity index (χ3v) is 7.26. The van der Waals surface area contributed by atoms with Crippen LogP contribution in [0.15, 0.2) is 18.2 Å². The van der Waals surface area contributed by atoms with Crippen LogP contribution in [0, 0.1) is 5.82 Å². The Morgan fingerprint density at radius 1 is 1.19 bits per heavy atom. The van der Waals surface area contributed by atoms with E-state index in [2.05, 4.69) is 9.80 Å². The van der Waals surface area contributed by atoms with Crippen LogP contribution in [0.3, 0.4) is 0 Å². The topological polar surface area (TPSA) is 45.2 Å². The predicted molar refractivity (Wildman–Crippen MR) is 119 cm³/mol. The third kappa shape index (κ3) is 4.67. The fourth-order valence-electron chi connectivity index (χ4n) is 5.58. The van der Waals surface area contributed by atoms with E-state index in [1.807, 2.05) is 24.8 Å². The minimum absolute atomic E-state index is 0.0312. The van der Waals surface area contributed by atoms with Crippen LogP contribution in [0.4, 0.5) is 14.9 Å². The highest BCUT2D eigenvalue weighted by molar-refractivity contribution is 5.68. The molecule has 0 radical (unpaired) electrons. The largest absolute Gasteiger partial charge is 0.447 e. The first-order valence-corrected chi connectivity index (χ1v) is 11.7. The van der Waals surface area contributed by atoms with Gasteiger partial charge in [0.25, 0.3) is 0 Å².